The van der Waals surface area contributed by atoms with E-state index < -0.39 is 0 Å². The van der Waals surface area contributed by atoms with Gasteiger partial charge >= 0.3 is 0 Å². The molecule has 1 heterocycles. The number of benzene rings is 1. The first-order valence-electron chi connectivity index (χ1n) is 8.27. The van der Waals surface area contributed by atoms with E-state index in [1.54, 1.807) is 7.11 Å². The number of fused-ring (bicyclic) bond motifs is 1. The third-order valence-corrected chi connectivity index (χ3v) is 4.17. The molecule has 2 aromatic rings. The summed E-state index contributed by atoms with van der Waals surface area (Å²) in [6, 6.07) is 6.19. The molecular weight excluding hydrogens is 298 g/mol. The Morgan fingerprint density at radius 2 is 2.33 bits per heavy atom. The van der Waals surface area contributed by atoms with E-state index in [9.17, 15) is 0 Å². The SMILES string of the molecule is CNCCC(/C1=C/C/C=C\C=C=C1)n1cc2ccc(OC)cc2n1. The van der Waals surface area contributed by atoms with Crippen LogP contribution >= 0.6 is 0 Å². The van der Waals surface area contributed by atoms with E-state index >= 15 is 0 Å². The largest absolute Gasteiger partial charge is 0.497 e. The van der Waals surface area contributed by atoms with E-state index in [0.29, 0.717) is 0 Å². The van der Waals surface area contributed by atoms with Gasteiger partial charge in [0.15, 0.2) is 0 Å². The highest BCUT2D eigenvalue weighted by Gasteiger charge is 2.16. The van der Waals surface area contributed by atoms with Crippen molar-refractivity contribution in [1.29, 1.82) is 0 Å². The van der Waals surface area contributed by atoms with Gasteiger partial charge in [0, 0.05) is 17.6 Å². The van der Waals surface area contributed by atoms with Crippen molar-refractivity contribution in [1.82, 2.24) is 15.1 Å². The van der Waals surface area contributed by atoms with E-state index in [0.717, 1.165) is 36.0 Å². The van der Waals surface area contributed by atoms with Crippen LogP contribution in [0.2, 0.25) is 0 Å². The molecule has 4 heteroatoms. The number of ether oxygens (including phenoxy) is 1. The summed E-state index contributed by atoms with van der Waals surface area (Å²) in [5, 5.41) is 9.16. The smallest absolute Gasteiger partial charge is 0.121 e. The molecule has 0 spiro atoms. The highest BCUT2D eigenvalue weighted by Crippen LogP contribution is 2.27. The summed E-state index contributed by atoms with van der Waals surface area (Å²) in [5.74, 6) is 0.831. The molecule has 3 rings (SSSR count). The number of nitrogens with zero attached hydrogens (tertiary/aromatic N) is 2. The standard InChI is InChI=1S/C20H23N3O/c1-21-13-12-20(16-8-6-4-3-5-7-9-16)23-15-17-10-11-18(24-2)14-19(17)22-23/h3-5,8-11,14-15,20-21H,6,12-13H2,1-2H3/b4-3-,16-8+. The van der Waals surface area contributed by atoms with Crippen molar-refractivity contribution >= 4 is 10.9 Å². The Labute approximate surface area is 142 Å². The van der Waals surface area contributed by atoms with Crippen LogP contribution in [0.5, 0.6) is 5.75 Å². The predicted molar refractivity (Wildman–Crippen MR) is 98.4 cm³/mol. The third kappa shape index (κ3) is 3.67. The van der Waals surface area contributed by atoms with Crippen molar-refractivity contribution in [2.45, 2.75) is 18.9 Å². The van der Waals surface area contributed by atoms with Crippen molar-refractivity contribution < 1.29 is 4.74 Å². The van der Waals surface area contributed by atoms with Gasteiger partial charge in [-0.15, -0.1) is 5.73 Å². The fraction of sp³-hybridized carbons (Fsp3) is 0.300. The Bertz CT molecular complexity index is 823. The van der Waals surface area contributed by atoms with Crippen molar-refractivity contribution in [3.8, 4) is 5.75 Å². The monoisotopic (exact) mass is 321 g/mol. The number of hydrogen-bond acceptors (Lipinski definition) is 3. The first-order valence-corrected chi connectivity index (χ1v) is 8.27. The van der Waals surface area contributed by atoms with Crippen LogP contribution in [-0.2, 0) is 0 Å². The molecule has 4 nitrogen and oxygen atoms in total. The summed E-state index contributed by atoms with van der Waals surface area (Å²) in [6.07, 6.45) is 14.4. The highest BCUT2D eigenvalue weighted by molar-refractivity contribution is 5.79. The second-order valence-electron chi connectivity index (χ2n) is 5.79. The normalized spacial score (nSPS) is 18.7. The van der Waals surface area contributed by atoms with Gasteiger partial charge < -0.3 is 10.1 Å². The zero-order valence-electron chi connectivity index (χ0n) is 14.2. The van der Waals surface area contributed by atoms with Gasteiger partial charge in [0.2, 0.25) is 0 Å². The minimum atomic E-state index is 0.184. The quantitative estimate of drug-likeness (QED) is 0.823. The maximum Gasteiger partial charge on any atom is 0.121 e. The van der Waals surface area contributed by atoms with Gasteiger partial charge in [-0.3, -0.25) is 4.68 Å². The third-order valence-electron chi connectivity index (χ3n) is 4.17. The summed E-state index contributed by atoms with van der Waals surface area (Å²) >= 11 is 0. The van der Waals surface area contributed by atoms with Gasteiger partial charge in [0.1, 0.15) is 5.75 Å². The molecule has 1 atom stereocenters. The number of hydrogen-bond donors (Lipinski definition) is 1. The number of aromatic nitrogens is 2. The van der Waals surface area contributed by atoms with E-state index in [4.69, 9.17) is 9.84 Å². The van der Waals surface area contributed by atoms with Gasteiger partial charge in [-0.05, 0) is 56.3 Å². The molecule has 1 N–H and O–H groups in total. The second kappa shape index (κ2) is 7.82. The molecule has 1 aliphatic rings. The van der Waals surface area contributed by atoms with Crippen LogP contribution in [0.25, 0.3) is 10.9 Å². The Morgan fingerprint density at radius 1 is 1.42 bits per heavy atom. The molecule has 24 heavy (non-hydrogen) atoms. The first-order chi connectivity index (χ1) is 11.8. The highest BCUT2D eigenvalue weighted by atomic mass is 16.5. The average Bonchev–Trinajstić information content (AvgIpc) is 2.99. The van der Waals surface area contributed by atoms with E-state index in [1.165, 1.54) is 5.57 Å². The van der Waals surface area contributed by atoms with Crippen LogP contribution < -0.4 is 10.1 Å². The Balaban J connectivity index is 1.99. The second-order valence-corrected chi connectivity index (χ2v) is 5.79. The fourth-order valence-corrected chi connectivity index (χ4v) is 2.88. The number of allylic oxidation sites excluding steroid dienone is 5. The minimum Gasteiger partial charge on any atom is -0.497 e. The van der Waals surface area contributed by atoms with E-state index in [1.807, 2.05) is 31.3 Å². The van der Waals surface area contributed by atoms with Crippen LogP contribution in [0.3, 0.4) is 0 Å². The van der Waals surface area contributed by atoms with Crippen molar-refractivity contribution in [2.24, 2.45) is 0 Å². The van der Waals surface area contributed by atoms with Gasteiger partial charge in [0.05, 0.1) is 18.7 Å². The van der Waals surface area contributed by atoms with Crippen LogP contribution in [0.15, 0.2) is 66.1 Å². The van der Waals surface area contributed by atoms with Gasteiger partial charge in [-0.1, -0.05) is 18.2 Å². The topological polar surface area (TPSA) is 39.1 Å². The van der Waals surface area contributed by atoms with Crippen LogP contribution in [0.1, 0.15) is 18.9 Å². The summed E-state index contributed by atoms with van der Waals surface area (Å²) in [6.45, 7) is 0.926. The van der Waals surface area contributed by atoms with E-state index in [2.05, 4.69) is 46.2 Å². The Hall–Kier alpha value is -2.55. The molecule has 0 saturated heterocycles. The van der Waals surface area contributed by atoms with Crippen LogP contribution in [0.4, 0.5) is 0 Å². The average molecular weight is 321 g/mol. The Kier molecular flexibility index (Phi) is 5.32. The van der Waals surface area contributed by atoms with Gasteiger partial charge in [-0.25, -0.2) is 0 Å². The van der Waals surface area contributed by atoms with Gasteiger partial charge in [0.25, 0.3) is 0 Å². The molecule has 0 amide bonds. The minimum absolute atomic E-state index is 0.184. The molecule has 1 unspecified atom stereocenters. The van der Waals surface area contributed by atoms with Crippen LogP contribution in [0, 0.1) is 0 Å². The predicted octanol–water partition coefficient (Wildman–Crippen LogP) is 3.79. The molecule has 1 aromatic carbocycles. The van der Waals surface area contributed by atoms with Crippen molar-refractivity contribution in [3.05, 3.63) is 66.1 Å². The molecule has 0 bridgehead atoms. The molecule has 1 aliphatic carbocycles. The summed E-state index contributed by atoms with van der Waals surface area (Å²) in [4.78, 5) is 0. The summed E-state index contributed by atoms with van der Waals surface area (Å²) in [7, 11) is 3.66. The molecule has 1 aromatic heterocycles. The fourth-order valence-electron chi connectivity index (χ4n) is 2.88. The number of methoxy groups -OCH3 is 1. The first kappa shape index (κ1) is 16.3. The van der Waals surface area contributed by atoms with Gasteiger partial charge in [-0.2, -0.15) is 5.10 Å². The molecule has 0 radical (unpaired) electrons. The van der Waals surface area contributed by atoms with E-state index in [-0.39, 0.29) is 6.04 Å². The number of nitrogens with one attached hydrogen (secondary N) is 1. The van der Waals surface area contributed by atoms with Crippen molar-refractivity contribution in [3.63, 3.8) is 0 Å². The zero-order valence-corrected chi connectivity index (χ0v) is 14.2. The molecular formula is C20H23N3O. The lowest BCUT2D eigenvalue weighted by Crippen LogP contribution is -2.18. The number of rotatable bonds is 6. The maximum absolute atomic E-state index is 5.31. The molecule has 0 fully saturated rings. The lowest BCUT2D eigenvalue weighted by atomic mass is 10.0. The Morgan fingerprint density at radius 3 is 3.17 bits per heavy atom. The molecule has 0 saturated carbocycles. The molecule has 124 valence electrons. The summed E-state index contributed by atoms with van der Waals surface area (Å²) in [5.41, 5.74) is 5.42. The lowest BCUT2D eigenvalue weighted by Gasteiger charge is -2.19. The van der Waals surface area contributed by atoms with Crippen LogP contribution in [-0.4, -0.2) is 30.5 Å². The zero-order chi connectivity index (χ0) is 16.8. The molecule has 0 aliphatic heterocycles. The lowest BCUT2D eigenvalue weighted by molar-refractivity contribution is 0.415. The maximum atomic E-state index is 5.31. The van der Waals surface area contributed by atoms with Crippen molar-refractivity contribution in [2.75, 3.05) is 20.7 Å². The summed E-state index contributed by atoms with van der Waals surface area (Å²) < 4.78 is 7.37.